The highest BCUT2D eigenvalue weighted by Gasteiger charge is 2.37. The fourth-order valence-corrected chi connectivity index (χ4v) is 5.19. The first-order valence-corrected chi connectivity index (χ1v) is 11.9. The number of terminal acetylenes is 1. The zero-order valence-electron chi connectivity index (χ0n) is 14.4. The SMILES string of the molecule is C.C#Cc1cn([C@H]2CC(O)[C@@H](COP(=O)([O-])OP(=O)([O-])OP(=O)([O-])O)O2)c(=O)[nH]c1=O. The first kappa shape index (κ1) is 27.6. The quantitative estimate of drug-likeness (QED) is 0.239. The van der Waals surface area contributed by atoms with E-state index in [1.807, 2.05) is 10.9 Å². The van der Waals surface area contributed by atoms with Gasteiger partial charge in [-0.3, -0.25) is 28.0 Å². The smallest absolute Gasteiger partial charge is 0.330 e. The maximum absolute atomic E-state index is 11.9. The minimum Gasteiger partial charge on any atom is -0.756 e. The highest BCUT2D eigenvalue weighted by Crippen LogP contribution is 2.61. The van der Waals surface area contributed by atoms with Gasteiger partial charge in [-0.2, -0.15) is 0 Å². The third kappa shape index (κ3) is 7.89. The fourth-order valence-electron chi connectivity index (χ4n) is 2.29. The number of nitrogens with zero attached hydrogens (tertiary/aromatic N) is 1. The van der Waals surface area contributed by atoms with E-state index >= 15 is 0 Å². The summed E-state index contributed by atoms with van der Waals surface area (Å²) in [6, 6.07) is 0. The average molecular weight is 505 g/mol. The molecule has 1 fully saturated rings. The van der Waals surface area contributed by atoms with Crippen LogP contribution in [0.2, 0.25) is 0 Å². The summed E-state index contributed by atoms with van der Waals surface area (Å²) in [6.45, 7) is -1.02. The van der Waals surface area contributed by atoms with Gasteiger partial charge in [-0.1, -0.05) is 13.3 Å². The van der Waals surface area contributed by atoms with Gasteiger partial charge in [0, 0.05) is 12.6 Å². The van der Waals surface area contributed by atoms with E-state index in [1.54, 1.807) is 0 Å². The summed E-state index contributed by atoms with van der Waals surface area (Å²) in [5.74, 6) is 2.02. The van der Waals surface area contributed by atoms with Gasteiger partial charge < -0.3 is 33.9 Å². The number of ether oxygens (including phenoxy) is 1. The Balaban J connectivity index is 0.00000480. The maximum Gasteiger partial charge on any atom is 0.330 e. The van der Waals surface area contributed by atoms with Crippen LogP contribution in [0.25, 0.3) is 0 Å². The van der Waals surface area contributed by atoms with Crippen LogP contribution in [0.5, 0.6) is 0 Å². The van der Waals surface area contributed by atoms with E-state index in [4.69, 9.17) is 16.1 Å². The summed E-state index contributed by atoms with van der Waals surface area (Å²) in [5, 5.41) is 9.96. The molecule has 2 rings (SSSR count). The number of aliphatic hydroxyl groups is 1. The molecule has 6 atom stereocenters. The van der Waals surface area contributed by atoms with Crippen molar-refractivity contribution in [1.82, 2.24) is 9.55 Å². The van der Waals surface area contributed by atoms with Crippen molar-refractivity contribution in [3.8, 4) is 12.3 Å². The van der Waals surface area contributed by atoms with Crippen molar-refractivity contribution in [3.63, 3.8) is 0 Å². The zero-order chi connectivity index (χ0) is 22.9. The van der Waals surface area contributed by atoms with Gasteiger partial charge in [-0.15, -0.1) is 6.42 Å². The van der Waals surface area contributed by atoms with Gasteiger partial charge in [-0.25, -0.2) is 13.4 Å². The molecule has 1 aromatic heterocycles. The second kappa shape index (κ2) is 10.0. The number of H-pyrrole nitrogens is 1. The minimum absolute atomic E-state index is 0. The third-order valence-corrected chi connectivity index (χ3v) is 7.13. The van der Waals surface area contributed by atoms with E-state index < -0.39 is 59.8 Å². The number of aromatic nitrogens is 2. The van der Waals surface area contributed by atoms with Crippen LogP contribution in [0.4, 0.5) is 0 Å². The largest absolute Gasteiger partial charge is 0.756 e. The molecule has 0 radical (unpaired) electrons. The van der Waals surface area contributed by atoms with Crippen LogP contribution in [0.1, 0.15) is 25.6 Å². The molecule has 0 spiro atoms. The molecule has 3 N–H and O–H groups in total. The van der Waals surface area contributed by atoms with Crippen LogP contribution in [0.15, 0.2) is 15.8 Å². The molecule has 0 aliphatic carbocycles. The van der Waals surface area contributed by atoms with Crippen LogP contribution in [-0.2, 0) is 31.6 Å². The minimum atomic E-state index is -6.07. The van der Waals surface area contributed by atoms with Crippen molar-refractivity contribution in [2.24, 2.45) is 0 Å². The molecule has 0 aromatic carbocycles. The number of nitrogens with one attached hydrogen (secondary N) is 1. The lowest BCUT2D eigenvalue weighted by Gasteiger charge is -2.33. The molecule has 16 nitrogen and oxygen atoms in total. The molecule has 0 saturated carbocycles. The summed E-state index contributed by atoms with van der Waals surface area (Å²) in [5.41, 5.74) is -2.00. The zero-order valence-corrected chi connectivity index (χ0v) is 17.1. The number of aromatic amines is 1. The predicted octanol–water partition coefficient (Wildman–Crippen LogP) is -2.75. The Labute approximate surface area is 173 Å². The van der Waals surface area contributed by atoms with Gasteiger partial charge in [0.1, 0.15) is 17.9 Å². The molecule has 0 amide bonds. The molecule has 4 unspecified atom stereocenters. The van der Waals surface area contributed by atoms with Gasteiger partial charge in [-0.05, 0) is 0 Å². The van der Waals surface area contributed by atoms with Crippen LogP contribution >= 0.6 is 23.5 Å². The van der Waals surface area contributed by atoms with Crippen LogP contribution in [-0.4, -0.2) is 38.4 Å². The summed E-state index contributed by atoms with van der Waals surface area (Å²) < 4.78 is 49.8. The average Bonchev–Trinajstić information content (AvgIpc) is 2.90. The number of rotatable bonds is 8. The van der Waals surface area contributed by atoms with Crippen molar-refractivity contribution in [1.29, 1.82) is 0 Å². The van der Waals surface area contributed by atoms with E-state index in [0.29, 0.717) is 0 Å². The number of hydrogen-bond acceptors (Lipinski definition) is 13. The number of aliphatic hydroxyl groups excluding tert-OH is 1. The summed E-state index contributed by atoms with van der Waals surface area (Å²) in [7, 11) is -17.7. The van der Waals surface area contributed by atoms with E-state index in [2.05, 4.69) is 13.1 Å². The van der Waals surface area contributed by atoms with Gasteiger partial charge in [0.25, 0.3) is 29.0 Å². The lowest BCUT2D eigenvalue weighted by Crippen LogP contribution is -2.33. The van der Waals surface area contributed by atoms with E-state index in [1.165, 1.54) is 0 Å². The van der Waals surface area contributed by atoms with E-state index in [-0.39, 0.29) is 19.4 Å². The van der Waals surface area contributed by atoms with Crippen molar-refractivity contribution in [2.45, 2.75) is 32.3 Å². The Morgan fingerprint density at radius 2 is 1.87 bits per heavy atom. The molecular formula is C12H16N2O14P3-3. The Morgan fingerprint density at radius 3 is 2.42 bits per heavy atom. The normalized spacial score (nSPS) is 26.6. The number of phosphoric acid groups is 3. The van der Waals surface area contributed by atoms with Crippen molar-refractivity contribution in [2.75, 3.05) is 6.61 Å². The summed E-state index contributed by atoms with van der Waals surface area (Å²) in [4.78, 5) is 66.6. The summed E-state index contributed by atoms with van der Waals surface area (Å²) >= 11 is 0. The Bertz CT molecular complexity index is 1100. The topological polar surface area (TPSA) is 253 Å². The molecule has 19 heteroatoms. The fraction of sp³-hybridized carbons (Fsp3) is 0.500. The van der Waals surface area contributed by atoms with Gasteiger partial charge >= 0.3 is 5.69 Å². The third-order valence-electron chi connectivity index (χ3n) is 3.44. The number of hydrogen-bond donors (Lipinski definition) is 3. The Hall–Kier alpha value is -1.43. The van der Waals surface area contributed by atoms with Gasteiger partial charge in [0.2, 0.25) is 0 Å². The van der Waals surface area contributed by atoms with E-state index in [0.717, 1.165) is 10.8 Å². The second-order valence-corrected chi connectivity index (χ2v) is 9.90. The van der Waals surface area contributed by atoms with Gasteiger partial charge in [0.05, 0.1) is 12.7 Å². The molecule has 1 saturated heterocycles. The van der Waals surface area contributed by atoms with E-state index in [9.17, 15) is 43.1 Å². The lowest BCUT2D eigenvalue weighted by atomic mass is 10.2. The van der Waals surface area contributed by atoms with Gasteiger partial charge in [0.15, 0.2) is 0 Å². The van der Waals surface area contributed by atoms with Crippen LogP contribution in [0, 0.1) is 12.3 Å². The molecule has 0 bridgehead atoms. The molecule has 1 aliphatic heterocycles. The highest BCUT2D eigenvalue weighted by molar-refractivity contribution is 7.65. The molecule has 176 valence electrons. The maximum atomic E-state index is 11.9. The number of phosphoric ester groups is 1. The van der Waals surface area contributed by atoms with Crippen LogP contribution in [0.3, 0.4) is 0 Å². The molecule has 2 heterocycles. The molecule has 1 aliphatic rings. The second-order valence-electron chi connectivity index (χ2n) is 5.61. The highest BCUT2D eigenvalue weighted by atomic mass is 31.3. The monoisotopic (exact) mass is 505 g/mol. The molecule has 1 aromatic rings. The summed E-state index contributed by atoms with van der Waals surface area (Å²) in [6.07, 6.45) is 1.77. The first-order chi connectivity index (χ1) is 13.6. The first-order valence-electron chi connectivity index (χ1n) is 7.51. The van der Waals surface area contributed by atoms with Crippen molar-refractivity contribution >= 4 is 23.5 Å². The molecule has 31 heavy (non-hydrogen) atoms. The lowest BCUT2D eigenvalue weighted by molar-refractivity contribution is -0.250. The standard InChI is InChI=1S/C11H15N2O14P3.CH4/c1-2-6-4-13(11(16)12-10(6)15)9-3-7(14)8(25-9)5-24-29(20,21)27-30(22,23)26-28(17,18)19;/h1,4,7-9,14H,3,5H2,(H,20,21)(H,22,23)(H,12,15,16)(H2,17,18,19);1H4/p-3/t7?,8-,9-;/m1./s1. The Morgan fingerprint density at radius 1 is 1.26 bits per heavy atom. The predicted molar refractivity (Wildman–Crippen MR) is 93.7 cm³/mol. The van der Waals surface area contributed by atoms with Crippen LogP contribution < -0.4 is 25.9 Å². The molecular weight excluding hydrogens is 489 g/mol. The van der Waals surface area contributed by atoms with Crippen molar-refractivity contribution < 1.29 is 56.3 Å². The Kier molecular flexibility index (Phi) is 8.92. The van der Waals surface area contributed by atoms with Crippen molar-refractivity contribution in [3.05, 3.63) is 32.6 Å².